The van der Waals surface area contributed by atoms with E-state index >= 15 is 0 Å². The molecule has 1 heterocycles. The Morgan fingerprint density at radius 2 is 1.73 bits per heavy atom. The maximum atomic E-state index is 12.6. The normalized spacial score (nSPS) is 16.7. The van der Waals surface area contributed by atoms with Crippen molar-refractivity contribution in [3.63, 3.8) is 0 Å². The molecule has 1 saturated heterocycles. The molecule has 5 nitrogen and oxygen atoms in total. The third-order valence-corrected chi connectivity index (χ3v) is 3.93. The van der Waals surface area contributed by atoms with Crippen molar-refractivity contribution in [1.82, 2.24) is 10.2 Å². The quantitative estimate of drug-likeness (QED) is 0.751. The van der Waals surface area contributed by atoms with Gasteiger partial charge in [-0.05, 0) is 25.0 Å². The van der Waals surface area contributed by atoms with E-state index in [0.29, 0.717) is 19.4 Å². The molecule has 0 saturated carbocycles. The highest BCUT2D eigenvalue weighted by Crippen LogP contribution is 2.27. The number of nitrogens with zero attached hydrogens (tertiary/aromatic N) is 1. The Morgan fingerprint density at radius 1 is 1.09 bits per heavy atom. The third-order valence-electron chi connectivity index (χ3n) is 3.93. The van der Waals surface area contributed by atoms with E-state index in [-0.39, 0.29) is 18.5 Å². The van der Waals surface area contributed by atoms with E-state index in [0.717, 1.165) is 18.6 Å². The lowest BCUT2D eigenvalue weighted by Gasteiger charge is -2.25. The number of rotatable bonds is 8. The average molecular weight is 304 g/mol. The summed E-state index contributed by atoms with van der Waals surface area (Å²) in [5, 5.41) is 2.90. The average Bonchev–Trinajstić information content (AvgIpc) is 2.73. The van der Waals surface area contributed by atoms with Gasteiger partial charge in [0.05, 0.1) is 6.54 Å². The van der Waals surface area contributed by atoms with E-state index < -0.39 is 5.54 Å². The second-order valence-electron chi connectivity index (χ2n) is 5.63. The van der Waals surface area contributed by atoms with Crippen molar-refractivity contribution in [3.8, 4) is 5.75 Å². The maximum Gasteiger partial charge on any atom is 0.325 e. The van der Waals surface area contributed by atoms with Crippen molar-refractivity contribution in [1.29, 1.82) is 0 Å². The van der Waals surface area contributed by atoms with Gasteiger partial charge in [-0.2, -0.15) is 0 Å². The summed E-state index contributed by atoms with van der Waals surface area (Å²) < 4.78 is 5.58. The molecule has 0 spiro atoms. The molecule has 3 amide bonds. The van der Waals surface area contributed by atoms with E-state index in [1.54, 1.807) is 0 Å². The highest BCUT2D eigenvalue weighted by atomic mass is 16.5. The highest BCUT2D eigenvalue weighted by molar-refractivity contribution is 6.07. The van der Waals surface area contributed by atoms with E-state index in [4.69, 9.17) is 4.74 Å². The lowest BCUT2D eigenvalue weighted by molar-refractivity contribution is -0.132. The number of ether oxygens (including phenoxy) is 1. The summed E-state index contributed by atoms with van der Waals surface area (Å²) in [6.45, 7) is 4.63. The summed E-state index contributed by atoms with van der Waals surface area (Å²) in [4.78, 5) is 26.1. The fourth-order valence-corrected chi connectivity index (χ4v) is 2.97. The molecule has 1 fully saturated rings. The van der Waals surface area contributed by atoms with Crippen molar-refractivity contribution in [2.75, 3.05) is 13.2 Å². The lowest BCUT2D eigenvalue weighted by Crippen LogP contribution is -2.47. The molecule has 0 unspecified atom stereocenters. The zero-order chi connectivity index (χ0) is 16.0. The van der Waals surface area contributed by atoms with Crippen LogP contribution in [-0.2, 0) is 4.79 Å². The van der Waals surface area contributed by atoms with Crippen LogP contribution in [0.5, 0.6) is 5.75 Å². The van der Waals surface area contributed by atoms with E-state index in [1.165, 1.54) is 4.90 Å². The first-order chi connectivity index (χ1) is 10.6. The van der Waals surface area contributed by atoms with Crippen LogP contribution in [0.15, 0.2) is 30.3 Å². The van der Waals surface area contributed by atoms with Crippen LogP contribution in [0.1, 0.15) is 39.5 Å². The number of imide groups is 1. The number of hydrogen-bond donors (Lipinski definition) is 1. The zero-order valence-electron chi connectivity index (χ0n) is 13.3. The van der Waals surface area contributed by atoms with Crippen molar-refractivity contribution in [3.05, 3.63) is 30.3 Å². The van der Waals surface area contributed by atoms with Gasteiger partial charge < -0.3 is 10.1 Å². The van der Waals surface area contributed by atoms with Crippen LogP contribution < -0.4 is 10.1 Å². The molecule has 2 rings (SSSR count). The summed E-state index contributed by atoms with van der Waals surface area (Å²) in [7, 11) is 0. The molecule has 1 aromatic rings. The number of carbonyl (C=O) groups is 2. The topological polar surface area (TPSA) is 58.6 Å². The van der Waals surface area contributed by atoms with Crippen molar-refractivity contribution < 1.29 is 14.3 Å². The molecular formula is C17H24N2O3. The van der Waals surface area contributed by atoms with Crippen LogP contribution in [0, 0.1) is 0 Å². The Hall–Kier alpha value is -2.04. The second-order valence-corrected chi connectivity index (χ2v) is 5.63. The minimum Gasteiger partial charge on any atom is -0.492 e. The summed E-state index contributed by atoms with van der Waals surface area (Å²) in [6.07, 6.45) is 3.09. The summed E-state index contributed by atoms with van der Waals surface area (Å²) in [5.74, 6) is 0.626. The Kier molecular flexibility index (Phi) is 5.41. The smallest absolute Gasteiger partial charge is 0.325 e. The molecule has 1 aromatic carbocycles. The van der Waals surface area contributed by atoms with Crippen molar-refractivity contribution in [2.24, 2.45) is 0 Å². The minimum absolute atomic E-state index is 0.113. The number of benzene rings is 1. The van der Waals surface area contributed by atoms with Crippen LogP contribution in [0.4, 0.5) is 4.79 Å². The summed E-state index contributed by atoms with van der Waals surface area (Å²) >= 11 is 0. The predicted octanol–water partition coefficient (Wildman–Crippen LogP) is 2.96. The standard InChI is InChI=1S/C17H24N2O3/c1-3-10-17(11-4-2)15(20)19(16(21)18-17)12-13-22-14-8-6-5-7-9-14/h5-9H,3-4,10-13H2,1-2H3,(H,18,21). The number of para-hydroxylation sites is 1. The zero-order valence-corrected chi connectivity index (χ0v) is 13.3. The molecule has 1 aliphatic rings. The van der Waals surface area contributed by atoms with E-state index in [9.17, 15) is 9.59 Å². The number of amides is 3. The Morgan fingerprint density at radius 3 is 2.32 bits per heavy atom. The van der Waals surface area contributed by atoms with Crippen molar-refractivity contribution in [2.45, 2.75) is 45.1 Å². The molecular weight excluding hydrogens is 280 g/mol. The molecule has 5 heteroatoms. The van der Waals surface area contributed by atoms with Crippen LogP contribution in [0.25, 0.3) is 0 Å². The number of nitrogens with one attached hydrogen (secondary N) is 1. The molecule has 0 aliphatic carbocycles. The Labute approximate surface area is 131 Å². The highest BCUT2D eigenvalue weighted by Gasteiger charge is 2.49. The van der Waals surface area contributed by atoms with Gasteiger partial charge >= 0.3 is 6.03 Å². The SMILES string of the molecule is CCCC1(CCC)NC(=O)N(CCOc2ccccc2)C1=O. The maximum absolute atomic E-state index is 12.6. The van der Waals surface area contributed by atoms with Crippen LogP contribution >= 0.6 is 0 Å². The number of urea groups is 1. The largest absolute Gasteiger partial charge is 0.492 e. The number of hydrogen-bond acceptors (Lipinski definition) is 3. The first-order valence-electron chi connectivity index (χ1n) is 7.95. The van der Waals surface area contributed by atoms with Crippen LogP contribution in [-0.4, -0.2) is 35.5 Å². The van der Waals surface area contributed by atoms with Gasteiger partial charge in [-0.1, -0.05) is 44.9 Å². The first kappa shape index (κ1) is 16.3. The molecule has 1 aliphatic heterocycles. The Bertz CT molecular complexity index is 510. The fraction of sp³-hybridized carbons (Fsp3) is 0.529. The molecule has 0 aromatic heterocycles. The summed E-state index contributed by atoms with van der Waals surface area (Å²) in [6, 6.07) is 9.08. The fourth-order valence-electron chi connectivity index (χ4n) is 2.97. The monoisotopic (exact) mass is 304 g/mol. The van der Waals surface area contributed by atoms with Gasteiger partial charge in [0.25, 0.3) is 5.91 Å². The van der Waals surface area contributed by atoms with E-state index in [1.807, 2.05) is 44.2 Å². The minimum atomic E-state index is -0.715. The molecule has 1 N–H and O–H groups in total. The van der Waals surface area contributed by atoms with Gasteiger partial charge in [-0.25, -0.2) is 4.79 Å². The van der Waals surface area contributed by atoms with Gasteiger partial charge in [0.2, 0.25) is 0 Å². The van der Waals surface area contributed by atoms with Crippen LogP contribution in [0.2, 0.25) is 0 Å². The van der Waals surface area contributed by atoms with Crippen molar-refractivity contribution >= 4 is 11.9 Å². The van der Waals surface area contributed by atoms with Gasteiger partial charge in [-0.3, -0.25) is 9.69 Å². The first-order valence-corrected chi connectivity index (χ1v) is 7.95. The van der Waals surface area contributed by atoms with Gasteiger partial charge in [-0.15, -0.1) is 0 Å². The predicted molar refractivity (Wildman–Crippen MR) is 84.7 cm³/mol. The van der Waals surface area contributed by atoms with E-state index in [2.05, 4.69) is 5.32 Å². The Balaban J connectivity index is 1.96. The molecule has 120 valence electrons. The number of carbonyl (C=O) groups excluding carboxylic acids is 2. The van der Waals surface area contributed by atoms with Gasteiger partial charge in [0, 0.05) is 0 Å². The van der Waals surface area contributed by atoms with Crippen LogP contribution in [0.3, 0.4) is 0 Å². The lowest BCUT2D eigenvalue weighted by atomic mass is 9.88. The second kappa shape index (κ2) is 7.29. The summed E-state index contributed by atoms with van der Waals surface area (Å²) in [5.41, 5.74) is -0.715. The molecule has 0 radical (unpaired) electrons. The third kappa shape index (κ3) is 3.40. The molecule has 22 heavy (non-hydrogen) atoms. The molecule has 0 bridgehead atoms. The van der Waals surface area contributed by atoms with Gasteiger partial charge in [0.1, 0.15) is 17.9 Å². The van der Waals surface area contributed by atoms with Gasteiger partial charge in [0.15, 0.2) is 0 Å². The molecule has 0 atom stereocenters.